The minimum Gasteiger partial charge on any atom is -0.368 e. The Labute approximate surface area is 150 Å². The molecular formula is C16H14ClN5O2S. The summed E-state index contributed by atoms with van der Waals surface area (Å²) in [5, 5.41) is 0.106. The van der Waals surface area contributed by atoms with E-state index >= 15 is 0 Å². The fourth-order valence-corrected chi connectivity index (χ4v) is 3.85. The van der Waals surface area contributed by atoms with Crippen LogP contribution in [0.15, 0.2) is 53.8 Å². The minimum absolute atomic E-state index is 0.0493. The average molecular weight is 376 g/mol. The molecule has 3 rings (SSSR count). The quantitative estimate of drug-likeness (QED) is 0.725. The van der Waals surface area contributed by atoms with Crippen LogP contribution in [-0.4, -0.2) is 23.4 Å². The highest BCUT2D eigenvalue weighted by molar-refractivity contribution is 7.92. The molecular weight excluding hydrogens is 362 g/mol. The molecule has 128 valence electrons. The number of halogens is 1. The third kappa shape index (κ3) is 3.70. The van der Waals surface area contributed by atoms with Crippen LogP contribution in [0.5, 0.6) is 0 Å². The number of benzene rings is 1. The van der Waals surface area contributed by atoms with E-state index in [0.717, 1.165) is 0 Å². The predicted molar refractivity (Wildman–Crippen MR) is 96.7 cm³/mol. The van der Waals surface area contributed by atoms with Crippen molar-refractivity contribution in [1.82, 2.24) is 15.0 Å². The molecule has 0 aliphatic carbocycles. The lowest BCUT2D eigenvalue weighted by molar-refractivity contribution is 0.601. The molecule has 25 heavy (non-hydrogen) atoms. The van der Waals surface area contributed by atoms with Crippen LogP contribution in [0, 0.1) is 6.92 Å². The molecule has 2 heterocycles. The standard InChI is InChI=1S/C16H14ClN5O2S/c1-10-13(9-20-16(18)21-10)11-4-5-14(17)15(7-11)25(23,24)22-12-3-2-6-19-8-12/h2-9,22H,1H3,(H2,18,20,21). The number of sulfonamides is 1. The summed E-state index contributed by atoms with van der Waals surface area (Å²) in [6.07, 6.45) is 4.51. The number of nitrogen functional groups attached to an aromatic ring is 1. The largest absolute Gasteiger partial charge is 0.368 e. The van der Waals surface area contributed by atoms with Crippen molar-refractivity contribution in [3.05, 3.63) is 59.6 Å². The monoisotopic (exact) mass is 375 g/mol. The topological polar surface area (TPSA) is 111 Å². The van der Waals surface area contributed by atoms with Gasteiger partial charge in [0, 0.05) is 18.0 Å². The number of rotatable bonds is 4. The summed E-state index contributed by atoms with van der Waals surface area (Å²) in [5.74, 6) is 0.154. The SMILES string of the molecule is Cc1nc(N)ncc1-c1ccc(Cl)c(S(=O)(=O)Nc2cccnc2)c1. The summed E-state index contributed by atoms with van der Waals surface area (Å²) in [7, 11) is -3.88. The molecule has 0 radical (unpaired) electrons. The lowest BCUT2D eigenvalue weighted by atomic mass is 10.1. The van der Waals surface area contributed by atoms with E-state index in [0.29, 0.717) is 22.5 Å². The van der Waals surface area contributed by atoms with E-state index in [1.807, 2.05) is 0 Å². The third-order valence-corrected chi connectivity index (χ3v) is 5.31. The van der Waals surface area contributed by atoms with Crippen molar-refractivity contribution in [1.29, 1.82) is 0 Å². The summed E-state index contributed by atoms with van der Waals surface area (Å²) in [5.41, 5.74) is 7.83. The highest BCUT2D eigenvalue weighted by Gasteiger charge is 2.20. The first-order valence-electron chi connectivity index (χ1n) is 7.19. The van der Waals surface area contributed by atoms with Gasteiger partial charge in [-0.05, 0) is 36.8 Å². The molecule has 0 unspecified atom stereocenters. The van der Waals surface area contributed by atoms with Gasteiger partial charge in [-0.3, -0.25) is 9.71 Å². The van der Waals surface area contributed by atoms with Gasteiger partial charge in [0.1, 0.15) is 4.90 Å². The van der Waals surface area contributed by atoms with Gasteiger partial charge in [0.15, 0.2) is 0 Å². The van der Waals surface area contributed by atoms with Gasteiger partial charge in [0.05, 0.1) is 22.6 Å². The van der Waals surface area contributed by atoms with Gasteiger partial charge in [-0.25, -0.2) is 18.4 Å². The Balaban J connectivity index is 2.05. The second-order valence-corrected chi connectivity index (χ2v) is 7.28. The fourth-order valence-electron chi connectivity index (χ4n) is 2.28. The first kappa shape index (κ1) is 17.1. The van der Waals surface area contributed by atoms with Crippen LogP contribution in [0.25, 0.3) is 11.1 Å². The Hall–Kier alpha value is -2.71. The molecule has 0 aliphatic rings. The number of pyridine rings is 1. The van der Waals surface area contributed by atoms with E-state index in [1.54, 1.807) is 37.5 Å². The van der Waals surface area contributed by atoms with E-state index in [9.17, 15) is 8.42 Å². The summed E-state index contributed by atoms with van der Waals surface area (Å²) in [4.78, 5) is 11.9. The molecule has 0 amide bonds. The van der Waals surface area contributed by atoms with Crippen LogP contribution in [0.2, 0.25) is 5.02 Å². The summed E-state index contributed by atoms with van der Waals surface area (Å²) in [6, 6.07) is 7.92. The lowest BCUT2D eigenvalue weighted by Gasteiger charge is -2.12. The maximum Gasteiger partial charge on any atom is 0.263 e. The maximum absolute atomic E-state index is 12.7. The zero-order valence-electron chi connectivity index (χ0n) is 13.1. The van der Waals surface area contributed by atoms with Gasteiger partial charge in [-0.1, -0.05) is 17.7 Å². The summed E-state index contributed by atoms with van der Waals surface area (Å²) < 4.78 is 27.8. The number of anilines is 2. The van der Waals surface area contributed by atoms with E-state index in [4.69, 9.17) is 17.3 Å². The molecule has 3 N–H and O–H groups in total. The number of nitrogens with two attached hydrogens (primary N) is 1. The van der Waals surface area contributed by atoms with Crippen molar-refractivity contribution < 1.29 is 8.42 Å². The van der Waals surface area contributed by atoms with Gasteiger partial charge in [-0.15, -0.1) is 0 Å². The molecule has 9 heteroatoms. The average Bonchev–Trinajstić information content (AvgIpc) is 2.56. The maximum atomic E-state index is 12.7. The van der Waals surface area contributed by atoms with Crippen LogP contribution in [0.4, 0.5) is 11.6 Å². The van der Waals surface area contributed by atoms with Crippen LogP contribution in [0.1, 0.15) is 5.69 Å². The smallest absolute Gasteiger partial charge is 0.263 e. The van der Waals surface area contributed by atoms with Gasteiger partial charge in [-0.2, -0.15) is 0 Å². The van der Waals surface area contributed by atoms with E-state index in [1.165, 1.54) is 18.3 Å². The Bertz CT molecular complexity index is 1030. The summed E-state index contributed by atoms with van der Waals surface area (Å²) in [6.45, 7) is 1.77. The van der Waals surface area contributed by atoms with Crippen LogP contribution >= 0.6 is 11.6 Å². The van der Waals surface area contributed by atoms with E-state index < -0.39 is 10.0 Å². The Morgan fingerprint density at radius 3 is 2.68 bits per heavy atom. The lowest BCUT2D eigenvalue weighted by Crippen LogP contribution is -2.13. The molecule has 1 aromatic carbocycles. The number of aryl methyl sites for hydroxylation is 1. The van der Waals surface area contributed by atoms with Crippen LogP contribution < -0.4 is 10.5 Å². The van der Waals surface area contributed by atoms with Crippen molar-refractivity contribution in [2.24, 2.45) is 0 Å². The second kappa shape index (κ2) is 6.66. The van der Waals surface area contributed by atoms with Crippen molar-refractivity contribution in [2.75, 3.05) is 10.5 Å². The minimum atomic E-state index is -3.88. The van der Waals surface area contributed by atoms with Crippen molar-refractivity contribution in [3.63, 3.8) is 0 Å². The van der Waals surface area contributed by atoms with Crippen LogP contribution in [-0.2, 0) is 10.0 Å². The van der Waals surface area contributed by atoms with Crippen molar-refractivity contribution >= 4 is 33.3 Å². The highest BCUT2D eigenvalue weighted by Crippen LogP contribution is 2.30. The first-order chi connectivity index (χ1) is 11.9. The van der Waals surface area contributed by atoms with Gasteiger partial charge in [0.2, 0.25) is 5.95 Å². The van der Waals surface area contributed by atoms with Crippen molar-refractivity contribution in [3.8, 4) is 11.1 Å². The van der Waals surface area contributed by atoms with E-state index in [2.05, 4.69) is 19.7 Å². The van der Waals surface area contributed by atoms with Gasteiger partial charge in [0.25, 0.3) is 10.0 Å². The summed E-state index contributed by atoms with van der Waals surface area (Å²) >= 11 is 6.11. The molecule has 0 aliphatic heterocycles. The Kier molecular flexibility index (Phi) is 4.56. The highest BCUT2D eigenvalue weighted by atomic mass is 35.5. The number of aromatic nitrogens is 3. The second-order valence-electron chi connectivity index (χ2n) is 5.22. The molecule has 3 aromatic rings. The molecule has 0 saturated carbocycles. The van der Waals surface area contributed by atoms with Crippen molar-refractivity contribution in [2.45, 2.75) is 11.8 Å². The zero-order valence-corrected chi connectivity index (χ0v) is 14.7. The molecule has 0 bridgehead atoms. The number of hydrogen-bond acceptors (Lipinski definition) is 6. The predicted octanol–water partition coefficient (Wildman–Crippen LogP) is 2.88. The van der Waals surface area contributed by atoms with E-state index in [-0.39, 0.29) is 15.9 Å². The number of hydrogen-bond donors (Lipinski definition) is 2. The fraction of sp³-hybridized carbons (Fsp3) is 0.0625. The van der Waals surface area contributed by atoms with Crippen LogP contribution in [0.3, 0.4) is 0 Å². The molecule has 0 atom stereocenters. The molecule has 7 nitrogen and oxygen atoms in total. The normalized spacial score (nSPS) is 11.3. The molecule has 2 aromatic heterocycles. The molecule has 0 fully saturated rings. The molecule has 0 saturated heterocycles. The zero-order chi connectivity index (χ0) is 18.0. The van der Waals surface area contributed by atoms with Gasteiger partial charge >= 0.3 is 0 Å². The first-order valence-corrected chi connectivity index (χ1v) is 9.05. The third-order valence-electron chi connectivity index (χ3n) is 3.44. The number of nitrogens with zero attached hydrogens (tertiary/aromatic N) is 3. The number of nitrogens with one attached hydrogen (secondary N) is 1. The molecule has 0 spiro atoms. The Morgan fingerprint density at radius 1 is 1.20 bits per heavy atom. The Morgan fingerprint density at radius 2 is 2.00 bits per heavy atom. The van der Waals surface area contributed by atoms with Gasteiger partial charge < -0.3 is 5.73 Å².